The predicted octanol–water partition coefficient (Wildman–Crippen LogP) is 2.59. The van der Waals surface area contributed by atoms with Gasteiger partial charge in [0.15, 0.2) is 0 Å². The Morgan fingerprint density at radius 3 is 2.52 bits per heavy atom. The van der Waals surface area contributed by atoms with Crippen LogP contribution in [-0.2, 0) is 17.8 Å². The second-order valence-corrected chi connectivity index (χ2v) is 4.91. The lowest BCUT2D eigenvalue weighted by molar-refractivity contribution is 0.0463. The molecule has 0 atom stereocenters. The van der Waals surface area contributed by atoms with Gasteiger partial charge in [0.2, 0.25) is 0 Å². The van der Waals surface area contributed by atoms with E-state index in [0.717, 1.165) is 22.8 Å². The molecule has 0 radical (unpaired) electrons. The van der Waals surface area contributed by atoms with Gasteiger partial charge in [-0.15, -0.1) is 0 Å². The maximum Gasteiger partial charge on any atom is 0.355 e. The molecule has 0 unspecified atom stereocenters. The highest BCUT2D eigenvalue weighted by Gasteiger charge is 2.17. The summed E-state index contributed by atoms with van der Waals surface area (Å²) < 4.78 is 7.41. The van der Waals surface area contributed by atoms with Crippen LogP contribution in [0.5, 0.6) is 0 Å². The molecule has 1 aromatic heterocycles. The first-order valence-corrected chi connectivity index (χ1v) is 7.08. The van der Waals surface area contributed by atoms with Crippen molar-refractivity contribution in [1.29, 1.82) is 0 Å². The maximum atomic E-state index is 12.4. The summed E-state index contributed by atoms with van der Waals surface area (Å²) in [4.78, 5) is 12.4. The fraction of sp³-hybridized carbons (Fsp3) is 0.118. The third kappa shape index (κ3) is 2.70. The highest BCUT2D eigenvalue weighted by atomic mass is 16.5. The normalized spacial score (nSPS) is 10.7. The molecule has 1 heterocycles. The molecule has 104 valence electrons. The molecule has 0 saturated carbocycles. The van der Waals surface area contributed by atoms with E-state index in [-0.39, 0.29) is 5.97 Å². The van der Waals surface area contributed by atoms with Crippen LogP contribution in [0.2, 0.25) is 0 Å². The lowest BCUT2D eigenvalue weighted by atomic mass is 10.1. The molecule has 3 nitrogen and oxygen atoms in total. The molecule has 0 amide bonds. The maximum absolute atomic E-state index is 12.4. The molecule has 0 N–H and O–H groups in total. The van der Waals surface area contributed by atoms with Crippen LogP contribution in [0.15, 0.2) is 60.8 Å². The zero-order valence-corrected chi connectivity index (χ0v) is 12.0. The van der Waals surface area contributed by atoms with Crippen molar-refractivity contribution in [3.05, 3.63) is 72.1 Å². The molecule has 0 aliphatic carbocycles. The molecule has 0 bridgehead atoms. The minimum Gasteiger partial charge on any atom is -0.456 e. The summed E-state index contributed by atoms with van der Waals surface area (Å²) in [6.07, 6.45) is 2.74. The van der Waals surface area contributed by atoms with Gasteiger partial charge in [-0.05, 0) is 12.0 Å². The van der Waals surface area contributed by atoms with Gasteiger partial charge in [0.1, 0.15) is 20.1 Å². The van der Waals surface area contributed by atoms with Gasteiger partial charge in [-0.3, -0.25) is 0 Å². The molecule has 0 aliphatic heterocycles. The van der Waals surface area contributed by atoms with Gasteiger partial charge in [-0.1, -0.05) is 54.6 Å². The Bertz CT molecular complexity index is 765. The van der Waals surface area contributed by atoms with Crippen LogP contribution >= 0.6 is 0 Å². The molecule has 0 aliphatic rings. The van der Waals surface area contributed by atoms with Gasteiger partial charge in [0, 0.05) is 17.0 Å². The first-order chi connectivity index (χ1) is 10.3. The number of fused-ring (bicyclic) bond motifs is 1. The largest absolute Gasteiger partial charge is 0.456 e. The Hall–Kier alpha value is -2.49. The fourth-order valence-electron chi connectivity index (χ4n) is 2.48. The summed E-state index contributed by atoms with van der Waals surface area (Å²) in [6, 6.07) is 17.6. The van der Waals surface area contributed by atoms with Gasteiger partial charge < -0.3 is 9.30 Å². The standard InChI is InChI=1S/C17H16BNO2/c18-12-19-10-14-8-4-5-9-15(14)16(19)17(20)21-11-13-6-2-1-3-7-13/h1-10H,11-12,18H2. The Morgan fingerprint density at radius 2 is 1.76 bits per heavy atom. The Balaban J connectivity index is 1.87. The van der Waals surface area contributed by atoms with E-state index in [9.17, 15) is 4.79 Å². The summed E-state index contributed by atoms with van der Waals surface area (Å²) in [5.74, 6) is -0.276. The van der Waals surface area contributed by atoms with E-state index in [2.05, 4.69) is 0 Å². The average Bonchev–Trinajstić information content (AvgIpc) is 2.92. The minimum absolute atomic E-state index is 0.276. The third-order valence-electron chi connectivity index (χ3n) is 3.54. The number of ether oxygens (including phenoxy) is 1. The number of benzene rings is 2. The SMILES string of the molecule is BCn1cc2ccccc2c1C(=O)OCc1ccccc1. The summed E-state index contributed by atoms with van der Waals surface area (Å²) in [5, 5.41) is 2.00. The molecular weight excluding hydrogens is 261 g/mol. The van der Waals surface area contributed by atoms with E-state index in [1.54, 1.807) is 0 Å². The van der Waals surface area contributed by atoms with Crippen LogP contribution in [0.4, 0.5) is 0 Å². The van der Waals surface area contributed by atoms with Crippen molar-refractivity contribution < 1.29 is 9.53 Å². The first-order valence-electron chi connectivity index (χ1n) is 7.08. The summed E-state index contributed by atoms with van der Waals surface area (Å²) >= 11 is 0. The zero-order valence-electron chi connectivity index (χ0n) is 12.0. The van der Waals surface area contributed by atoms with Crippen LogP contribution in [0.1, 0.15) is 16.1 Å². The van der Waals surface area contributed by atoms with Crippen molar-refractivity contribution in [2.24, 2.45) is 0 Å². The van der Waals surface area contributed by atoms with Gasteiger partial charge in [0.25, 0.3) is 0 Å². The smallest absolute Gasteiger partial charge is 0.355 e. The first kappa shape index (κ1) is 13.5. The lowest BCUT2D eigenvalue weighted by Gasteiger charge is -2.08. The van der Waals surface area contributed by atoms with Gasteiger partial charge >= 0.3 is 5.97 Å². The quantitative estimate of drug-likeness (QED) is 0.542. The summed E-state index contributed by atoms with van der Waals surface area (Å²) in [5.41, 5.74) is 1.62. The predicted molar refractivity (Wildman–Crippen MR) is 86.0 cm³/mol. The van der Waals surface area contributed by atoms with E-state index in [0.29, 0.717) is 12.3 Å². The lowest BCUT2D eigenvalue weighted by Crippen LogP contribution is -2.12. The molecule has 0 fully saturated rings. The summed E-state index contributed by atoms with van der Waals surface area (Å²) in [6.45, 7) is 0.295. The fourth-order valence-corrected chi connectivity index (χ4v) is 2.48. The van der Waals surface area contributed by atoms with Crippen molar-refractivity contribution in [3.8, 4) is 0 Å². The number of carbonyl (C=O) groups excluding carboxylic acids is 1. The van der Waals surface area contributed by atoms with Crippen molar-refractivity contribution in [1.82, 2.24) is 4.57 Å². The van der Waals surface area contributed by atoms with Gasteiger partial charge in [-0.2, -0.15) is 0 Å². The monoisotopic (exact) mass is 277 g/mol. The average molecular weight is 277 g/mol. The van der Waals surface area contributed by atoms with E-state index in [4.69, 9.17) is 4.74 Å². The molecule has 21 heavy (non-hydrogen) atoms. The molecule has 2 aromatic carbocycles. The Morgan fingerprint density at radius 1 is 1.05 bits per heavy atom. The Labute approximate surface area is 124 Å². The number of nitrogens with zero attached hydrogens (tertiary/aromatic N) is 1. The minimum atomic E-state index is -0.276. The molecule has 4 heteroatoms. The number of carbonyl (C=O) groups is 1. The molecule has 0 spiro atoms. The topological polar surface area (TPSA) is 31.2 Å². The van der Waals surface area contributed by atoms with Gasteiger partial charge in [0.05, 0.1) is 0 Å². The second kappa shape index (κ2) is 5.88. The van der Waals surface area contributed by atoms with Crippen LogP contribution in [0.25, 0.3) is 10.8 Å². The third-order valence-corrected chi connectivity index (χ3v) is 3.54. The molecule has 3 aromatic rings. The second-order valence-electron chi connectivity index (χ2n) is 4.91. The van der Waals surface area contributed by atoms with Crippen molar-refractivity contribution in [2.75, 3.05) is 0 Å². The highest BCUT2D eigenvalue weighted by molar-refractivity contribution is 6.09. The van der Waals surface area contributed by atoms with Crippen LogP contribution in [0, 0.1) is 0 Å². The van der Waals surface area contributed by atoms with Gasteiger partial charge in [-0.25, -0.2) is 4.79 Å². The summed E-state index contributed by atoms with van der Waals surface area (Å²) in [7, 11) is 2.02. The number of rotatable bonds is 4. The number of esters is 1. The van der Waals surface area contributed by atoms with Crippen LogP contribution in [0.3, 0.4) is 0 Å². The highest BCUT2D eigenvalue weighted by Crippen LogP contribution is 2.22. The zero-order chi connectivity index (χ0) is 14.7. The van der Waals surface area contributed by atoms with Crippen molar-refractivity contribution in [2.45, 2.75) is 13.1 Å². The number of hydrogen-bond donors (Lipinski definition) is 0. The van der Waals surface area contributed by atoms with Crippen LogP contribution in [-0.4, -0.2) is 18.4 Å². The Kier molecular flexibility index (Phi) is 3.78. The van der Waals surface area contributed by atoms with E-state index in [1.165, 1.54) is 0 Å². The van der Waals surface area contributed by atoms with E-state index in [1.807, 2.05) is 73.2 Å². The number of aromatic nitrogens is 1. The molecule has 0 saturated heterocycles. The van der Waals surface area contributed by atoms with E-state index < -0.39 is 0 Å². The molecular formula is C17H16BNO2. The van der Waals surface area contributed by atoms with Crippen molar-refractivity contribution >= 4 is 24.6 Å². The van der Waals surface area contributed by atoms with Crippen LogP contribution < -0.4 is 0 Å². The van der Waals surface area contributed by atoms with E-state index >= 15 is 0 Å². The number of hydrogen-bond acceptors (Lipinski definition) is 2. The molecule has 3 rings (SSSR count). The van der Waals surface area contributed by atoms with Crippen molar-refractivity contribution in [3.63, 3.8) is 0 Å².